The molecule has 0 aromatic heterocycles. The lowest BCUT2D eigenvalue weighted by molar-refractivity contribution is 0.578. The largest absolute Gasteiger partial charge is 0.372 e. The van der Waals surface area contributed by atoms with Crippen LogP contribution in [0.15, 0.2) is 43.0 Å². The zero-order valence-electron chi connectivity index (χ0n) is 11.1. The number of piperidine rings is 1. The predicted molar refractivity (Wildman–Crippen MR) is 77.6 cm³/mol. The zero-order chi connectivity index (χ0) is 12.3. The van der Waals surface area contributed by atoms with E-state index in [1.54, 1.807) is 0 Å². The van der Waals surface area contributed by atoms with Gasteiger partial charge in [0.05, 0.1) is 0 Å². The Hall–Kier alpha value is -1.24. The molecule has 1 nitrogen and oxygen atoms in total. The number of para-hydroxylation sites is 1. The van der Waals surface area contributed by atoms with Crippen molar-refractivity contribution in [2.24, 2.45) is 0 Å². The Morgan fingerprint density at radius 1 is 1.12 bits per heavy atom. The molecule has 0 bridgehead atoms. The van der Waals surface area contributed by atoms with Gasteiger partial charge in [0.15, 0.2) is 0 Å². The summed E-state index contributed by atoms with van der Waals surface area (Å²) in [6.45, 7) is 8.17. The minimum absolute atomic E-state index is 1.15. The van der Waals surface area contributed by atoms with Crippen LogP contribution in [-0.2, 0) is 0 Å². The summed E-state index contributed by atoms with van der Waals surface area (Å²) >= 11 is 0. The second kappa shape index (κ2) is 8.86. The van der Waals surface area contributed by atoms with Crippen LogP contribution in [0.4, 0.5) is 5.69 Å². The smallest absolute Gasteiger partial charge is 0.0366 e. The minimum atomic E-state index is 1.15. The number of anilines is 1. The van der Waals surface area contributed by atoms with E-state index in [2.05, 4.69) is 48.7 Å². The Kier molecular flexibility index (Phi) is 7.20. The molecule has 1 aromatic carbocycles. The van der Waals surface area contributed by atoms with Gasteiger partial charge in [-0.3, -0.25) is 0 Å². The Bertz CT molecular complexity index is 286. The first-order valence-corrected chi connectivity index (χ1v) is 6.79. The molecular formula is C16H25N. The van der Waals surface area contributed by atoms with Crippen LogP contribution in [0.1, 0.15) is 39.0 Å². The molecular weight excluding hydrogens is 206 g/mol. The monoisotopic (exact) mass is 231 g/mol. The molecule has 0 amide bonds. The van der Waals surface area contributed by atoms with Gasteiger partial charge in [0, 0.05) is 18.8 Å². The average Bonchev–Trinajstić information content (AvgIpc) is 2.42. The molecule has 0 saturated carbocycles. The highest BCUT2D eigenvalue weighted by atomic mass is 15.1. The quantitative estimate of drug-likeness (QED) is 0.684. The molecule has 94 valence electrons. The van der Waals surface area contributed by atoms with Crippen molar-refractivity contribution in [1.29, 1.82) is 0 Å². The first-order chi connectivity index (χ1) is 8.38. The van der Waals surface area contributed by atoms with Gasteiger partial charge in [0.1, 0.15) is 0 Å². The molecule has 0 spiro atoms. The van der Waals surface area contributed by atoms with Crippen molar-refractivity contribution >= 4 is 5.69 Å². The summed E-state index contributed by atoms with van der Waals surface area (Å²) in [5, 5.41) is 0. The van der Waals surface area contributed by atoms with Crippen LogP contribution in [-0.4, -0.2) is 13.1 Å². The van der Waals surface area contributed by atoms with Gasteiger partial charge in [-0.2, -0.15) is 0 Å². The number of hydrogen-bond acceptors (Lipinski definition) is 1. The second-order valence-corrected chi connectivity index (χ2v) is 4.46. The van der Waals surface area contributed by atoms with Crippen LogP contribution < -0.4 is 4.90 Å². The highest BCUT2D eigenvalue weighted by molar-refractivity contribution is 5.46. The van der Waals surface area contributed by atoms with Gasteiger partial charge in [-0.1, -0.05) is 37.6 Å². The maximum Gasteiger partial charge on any atom is 0.0366 e. The third-order valence-electron chi connectivity index (χ3n) is 2.97. The van der Waals surface area contributed by atoms with Crippen LogP contribution >= 0.6 is 0 Å². The van der Waals surface area contributed by atoms with Crippen LogP contribution in [0, 0.1) is 0 Å². The first kappa shape index (κ1) is 13.8. The van der Waals surface area contributed by atoms with Crippen molar-refractivity contribution in [3.63, 3.8) is 0 Å². The van der Waals surface area contributed by atoms with E-state index in [0.29, 0.717) is 0 Å². The zero-order valence-corrected chi connectivity index (χ0v) is 11.1. The van der Waals surface area contributed by atoms with Crippen molar-refractivity contribution in [2.45, 2.75) is 39.0 Å². The summed E-state index contributed by atoms with van der Waals surface area (Å²) in [7, 11) is 0. The normalized spacial score (nSPS) is 14.8. The second-order valence-electron chi connectivity index (χ2n) is 4.46. The van der Waals surface area contributed by atoms with Crippen molar-refractivity contribution in [2.75, 3.05) is 18.0 Å². The maximum atomic E-state index is 3.55. The van der Waals surface area contributed by atoms with E-state index in [1.807, 2.05) is 6.08 Å². The molecule has 0 aliphatic carbocycles. The fourth-order valence-electron chi connectivity index (χ4n) is 2.00. The van der Waals surface area contributed by atoms with Gasteiger partial charge >= 0.3 is 0 Å². The lowest BCUT2D eigenvalue weighted by Gasteiger charge is -2.28. The van der Waals surface area contributed by atoms with Gasteiger partial charge in [-0.15, -0.1) is 6.58 Å². The van der Waals surface area contributed by atoms with E-state index >= 15 is 0 Å². The molecule has 0 atom stereocenters. The summed E-state index contributed by atoms with van der Waals surface area (Å²) in [5.74, 6) is 0. The van der Waals surface area contributed by atoms with Crippen molar-refractivity contribution in [1.82, 2.24) is 0 Å². The molecule has 1 heterocycles. The van der Waals surface area contributed by atoms with E-state index in [1.165, 1.54) is 44.5 Å². The molecule has 1 heteroatoms. The van der Waals surface area contributed by atoms with Crippen LogP contribution in [0.2, 0.25) is 0 Å². The number of benzene rings is 1. The molecule has 1 fully saturated rings. The Balaban J connectivity index is 0.000000249. The number of nitrogens with zero attached hydrogens (tertiary/aromatic N) is 1. The van der Waals surface area contributed by atoms with Crippen molar-refractivity contribution in [3.8, 4) is 0 Å². The maximum absolute atomic E-state index is 3.55. The van der Waals surface area contributed by atoms with E-state index < -0.39 is 0 Å². The highest BCUT2D eigenvalue weighted by Crippen LogP contribution is 2.18. The number of unbranched alkanes of at least 4 members (excludes halogenated alkanes) is 1. The summed E-state index contributed by atoms with van der Waals surface area (Å²) in [6.07, 6.45) is 8.43. The molecule has 0 N–H and O–H groups in total. The van der Waals surface area contributed by atoms with Gasteiger partial charge in [0.2, 0.25) is 0 Å². The molecule has 0 unspecified atom stereocenters. The molecule has 1 aliphatic heterocycles. The molecule has 1 aromatic rings. The molecule has 1 aliphatic rings. The Labute approximate surface area is 106 Å². The van der Waals surface area contributed by atoms with Crippen LogP contribution in [0.5, 0.6) is 0 Å². The van der Waals surface area contributed by atoms with Crippen molar-refractivity contribution < 1.29 is 0 Å². The fourth-order valence-corrected chi connectivity index (χ4v) is 2.00. The standard InChI is InChI=1S/C11H15N.C5H10/c1-3-7-11(8-4-1)12-9-5-2-6-10-12;1-3-5-4-2/h1,3-4,7-8H,2,5-6,9-10H2;3H,1,4-5H2,2H3. The molecule has 2 rings (SSSR count). The molecule has 17 heavy (non-hydrogen) atoms. The van der Waals surface area contributed by atoms with E-state index in [-0.39, 0.29) is 0 Å². The van der Waals surface area contributed by atoms with Gasteiger partial charge in [-0.05, 0) is 37.8 Å². The Morgan fingerprint density at radius 3 is 2.24 bits per heavy atom. The third-order valence-corrected chi connectivity index (χ3v) is 2.97. The summed E-state index contributed by atoms with van der Waals surface area (Å²) in [5.41, 5.74) is 1.39. The summed E-state index contributed by atoms with van der Waals surface area (Å²) in [4.78, 5) is 2.48. The highest BCUT2D eigenvalue weighted by Gasteiger charge is 2.09. The predicted octanol–water partition coefficient (Wildman–Crippen LogP) is 4.65. The molecule has 0 radical (unpaired) electrons. The number of allylic oxidation sites excluding steroid dienone is 1. The number of hydrogen-bond donors (Lipinski definition) is 0. The SMILES string of the molecule is C=CCCC.c1ccc(N2CCCCC2)cc1. The first-order valence-electron chi connectivity index (χ1n) is 6.79. The van der Waals surface area contributed by atoms with Gasteiger partial charge in [0.25, 0.3) is 0 Å². The van der Waals surface area contributed by atoms with Crippen LogP contribution in [0.3, 0.4) is 0 Å². The van der Waals surface area contributed by atoms with E-state index in [4.69, 9.17) is 0 Å². The lowest BCUT2D eigenvalue weighted by Crippen LogP contribution is -2.29. The topological polar surface area (TPSA) is 3.24 Å². The van der Waals surface area contributed by atoms with E-state index in [9.17, 15) is 0 Å². The average molecular weight is 231 g/mol. The Morgan fingerprint density at radius 2 is 1.76 bits per heavy atom. The van der Waals surface area contributed by atoms with Gasteiger partial charge in [-0.25, -0.2) is 0 Å². The lowest BCUT2D eigenvalue weighted by atomic mass is 10.1. The minimum Gasteiger partial charge on any atom is -0.372 e. The van der Waals surface area contributed by atoms with Crippen molar-refractivity contribution in [3.05, 3.63) is 43.0 Å². The number of rotatable bonds is 3. The van der Waals surface area contributed by atoms with Gasteiger partial charge < -0.3 is 4.90 Å². The third kappa shape index (κ3) is 5.58. The van der Waals surface area contributed by atoms with E-state index in [0.717, 1.165) is 6.42 Å². The molecule has 1 saturated heterocycles. The fraction of sp³-hybridized carbons (Fsp3) is 0.500. The van der Waals surface area contributed by atoms with Crippen LogP contribution in [0.25, 0.3) is 0 Å². The summed E-state index contributed by atoms with van der Waals surface area (Å²) in [6, 6.07) is 10.7. The summed E-state index contributed by atoms with van der Waals surface area (Å²) < 4.78 is 0.